The van der Waals surface area contributed by atoms with Gasteiger partial charge < -0.3 is 5.32 Å². The van der Waals surface area contributed by atoms with Gasteiger partial charge in [-0.05, 0) is 32.0 Å². The molecule has 31 heavy (non-hydrogen) atoms. The van der Waals surface area contributed by atoms with Crippen LogP contribution in [0.15, 0.2) is 59.7 Å². The van der Waals surface area contributed by atoms with Crippen LogP contribution in [0.25, 0.3) is 16.6 Å². The Morgan fingerprint density at radius 2 is 1.87 bits per heavy atom. The van der Waals surface area contributed by atoms with Gasteiger partial charge in [0.05, 0.1) is 33.5 Å². The highest BCUT2D eigenvalue weighted by Gasteiger charge is 2.15. The second-order valence-electron chi connectivity index (χ2n) is 7.10. The minimum atomic E-state index is -0.586. The van der Waals surface area contributed by atoms with E-state index in [2.05, 4.69) is 15.4 Å². The van der Waals surface area contributed by atoms with E-state index in [1.807, 2.05) is 38.1 Å². The van der Waals surface area contributed by atoms with Crippen molar-refractivity contribution in [2.75, 3.05) is 5.32 Å². The van der Waals surface area contributed by atoms with Gasteiger partial charge in [-0.1, -0.05) is 17.7 Å². The molecule has 0 bridgehead atoms. The number of fused-ring (bicyclic) bond motifs is 1. The van der Waals surface area contributed by atoms with Crippen LogP contribution in [0.4, 0.5) is 11.5 Å². The van der Waals surface area contributed by atoms with E-state index in [0.29, 0.717) is 17.0 Å². The number of aryl methyl sites for hydroxylation is 2. The molecule has 2 aromatic heterocycles. The predicted octanol–water partition coefficient (Wildman–Crippen LogP) is 2.75. The first-order chi connectivity index (χ1) is 14.8. The van der Waals surface area contributed by atoms with Crippen molar-refractivity contribution in [3.63, 3.8) is 0 Å². The van der Waals surface area contributed by atoms with Crippen LogP contribution >= 0.6 is 0 Å². The average Bonchev–Trinajstić information content (AvgIpc) is 3.10. The number of hydrogen-bond donors (Lipinski definition) is 1. The third-order valence-corrected chi connectivity index (χ3v) is 4.71. The molecule has 0 aliphatic carbocycles. The molecule has 156 valence electrons. The Bertz CT molecular complexity index is 1370. The summed E-state index contributed by atoms with van der Waals surface area (Å²) in [6.45, 7) is 3.48. The molecule has 1 N–H and O–H groups in total. The molecular formula is C21H18N6O4. The van der Waals surface area contributed by atoms with Crippen LogP contribution < -0.4 is 10.9 Å². The maximum absolute atomic E-state index is 12.7. The van der Waals surface area contributed by atoms with Crippen molar-refractivity contribution in [3.05, 3.63) is 86.6 Å². The van der Waals surface area contributed by atoms with E-state index in [9.17, 15) is 19.7 Å². The van der Waals surface area contributed by atoms with E-state index >= 15 is 0 Å². The van der Waals surface area contributed by atoms with Crippen molar-refractivity contribution in [2.24, 2.45) is 0 Å². The summed E-state index contributed by atoms with van der Waals surface area (Å²) in [6, 6.07) is 13.2. The van der Waals surface area contributed by atoms with Gasteiger partial charge in [0.15, 0.2) is 0 Å². The van der Waals surface area contributed by atoms with Gasteiger partial charge in [0, 0.05) is 18.2 Å². The summed E-state index contributed by atoms with van der Waals surface area (Å²) in [4.78, 5) is 39.9. The summed E-state index contributed by atoms with van der Waals surface area (Å²) in [6.07, 6.45) is 1.25. The van der Waals surface area contributed by atoms with Crippen molar-refractivity contribution in [3.8, 4) is 5.69 Å². The summed E-state index contributed by atoms with van der Waals surface area (Å²) >= 11 is 0. The Labute approximate surface area is 175 Å². The van der Waals surface area contributed by atoms with Gasteiger partial charge in [-0.15, -0.1) is 0 Å². The molecule has 0 saturated carbocycles. The van der Waals surface area contributed by atoms with E-state index in [-0.39, 0.29) is 17.6 Å². The predicted molar refractivity (Wildman–Crippen MR) is 114 cm³/mol. The Morgan fingerprint density at radius 3 is 2.58 bits per heavy atom. The first kappa shape index (κ1) is 20.0. The third-order valence-electron chi connectivity index (χ3n) is 4.71. The molecule has 10 heteroatoms. The highest BCUT2D eigenvalue weighted by atomic mass is 16.6. The minimum absolute atomic E-state index is 0.0741. The number of nitro groups is 1. The van der Waals surface area contributed by atoms with Crippen LogP contribution in [-0.2, 0) is 11.3 Å². The van der Waals surface area contributed by atoms with E-state index < -0.39 is 16.4 Å². The summed E-state index contributed by atoms with van der Waals surface area (Å²) in [7, 11) is 0. The molecule has 0 radical (unpaired) electrons. The number of benzene rings is 2. The molecule has 10 nitrogen and oxygen atoms in total. The van der Waals surface area contributed by atoms with Crippen molar-refractivity contribution in [1.29, 1.82) is 0 Å². The van der Waals surface area contributed by atoms with Crippen LogP contribution in [0.1, 0.15) is 11.3 Å². The Balaban J connectivity index is 1.60. The van der Waals surface area contributed by atoms with Crippen LogP contribution in [0.5, 0.6) is 0 Å². The number of non-ortho nitro benzene ring substituents is 1. The van der Waals surface area contributed by atoms with Crippen molar-refractivity contribution in [1.82, 2.24) is 19.3 Å². The quantitative estimate of drug-likeness (QED) is 0.392. The van der Waals surface area contributed by atoms with Gasteiger partial charge in [0.1, 0.15) is 12.4 Å². The molecule has 4 aromatic rings. The number of hydrogen-bond acceptors (Lipinski definition) is 6. The molecule has 0 aliphatic heterocycles. The molecule has 2 aromatic carbocycles. The van der Waals surface area contributed by atoms with Crippen LogP contribution in [0, 0.1) is 24.0 Å². The Kier molecular flexibility index (Phi) is 5.04. The lowest BCUT2D eigenvalue weighted by Crippen LogP contribution is -2.28. The largest absolute Gasteiger partial charge is 0.309 e. The highest BCUT2D eigenvalue weighted by molar-refractivity contribution is 5.90. The zero-order valence-electron chi connectivity index (χ0n) is 16.8. The first-order valence-corrected chi connectivity index (χ1v) is 9.39. The zero-order valence-corrected chi connectivity index (χ0v) is 16.8. The lowest BCUT2D eigenvalue weighted by molar-refractivity contribution is -0.384. The number of rotatable bonds is 5. The SMILES string of the molecule is Cc1ccc(-n2nc(C)cc2NC(=O)Cn2cnc3ccc([N+](=O)[O-])cc3c2=O)cc1. The molecule has 0 saturated heterocycles. The van der Waals surface area contributed by atoms with E-state index in [1.165, 1.54) is 18.5 Å². The van der Waals surface area contributed by atoms with Gasteiger partial charge in [-0.3, -0.25) is 24.3 Å². The van der Waals surface area contributed by atoms with Crippen molar-refractivity contribution >= 4 is 28.3 Å². The van der Waals surface area contributed by atoms with Gasteiger partial charge in [-0.25, -0.2) is 9.67 Å². The highest BCUT2D eigenvalue weighted by Crippen LogP contribution is 2.18. The normalized spacial score (nSPS) is 10.9. The fourth-order valence-electron chi connectivity index (χ4n) is 3.18. The number of nitrogens with one attached hydrogen (secondary N) is 1. The van der Waals surface area contributed by atoms with E-state index in [4.69, 9.17) is 0 Å². The number of amides is 1. The monoisotopic (exact) mass is 418 g/mol. The summed E-state index contributed by atoms with van der Waals surface area (Å²) in [5.41, 5.74) is 2.17. The molecule has 4 rings (SSSR count). The lowest BCUT2D eigenvalue weighted by Gasteiger charge is -2.10. The molecular weight excluding hydrogens is 400 g/mol. The third kappa shape index (κ3) is 4.04. The fourth-order valence-corrected chi connectivity index (χ4v) is 3.18. The molecule has 0 fully saturated rings. The Morgan fingerprint density at radius 1 is 1.13 bits per heavy atom. The number of carbonyl (C=O) groups excluding carboxylic acids is 1. The molecule has 0 aliphatic rings. The van der Waals surface area contributed by atoms with Crippen LogP contribution in [-0.4, -0.2) is 30.2 Å². The number of nitrogens with zero attached hydrogens (tertiary/aromatic N) is 5. The number of nitro benzene ring substituents is 1. The van der Waals surface area contributed by atoms with Gasteiger partial charge in [-0.2, -0.15) is 5.10 Å². The van der Waals surface area contributed by atoms with Crippen LogP contribution in [0.3, 0.4) is 0 Å². The molecule has 0 atom stereocenters. The first-order valence-electron chi connectivity index (χ1n) is 9.39. The van der Waals surface area contributed by atoms with Gasteiger partial charge in [0.2, 0.25) is 5.91 Å². The lowest BCUT2D eigenvalue weighted by atomic mass is 10.2. The van der Waals surface area contributed by atoms with Gasteiger partial charge >= 0.3 is 0 Å². The van der Waals surface area contributed by atoms with Crippen LogP contribution in [0.2, 0.25) is 0 Å². The standard InChI is InChI=1S/C21H18N6O4/c1-13-3-5-15(6-4-13)26-19(9-14(2)24-26)23-20(28)11-25-12-22-18-8-7-16(27(30)31)10-17(18)21(25)29/h3-10,12H,11H2,1-2H3,(H,23,28). The number of anilines is 1. The maximum Gasteiger partial charge on any atom is 0.270 e. The maximum atomic E-state index is 12.7. The average molecular weight is 418 g/mol. The van der Waals surface area contributed by atoms with E-state index in [1.54, 1.807) is 10.7 Å². The summed E-state index contributed by atoms with van der Waals surface area (Å²) in [5, 5.41) is 18.2. The number of carbonyl (C=O) groups is 1. The summed E-state index contributed by atoms with van der Waals surface area (Å²) in [5.74, 6) is 0.00531. The van der Waals surface area contributed by atoms with Gasteiger partial charge in [0.25, 0.3) is 11.2 Å². The molecule has 1 amide bonds. The topological polar surface area (TPSA) is 125 Å². The second-order valence-corrected chi connectivity index (χ2v) is 7.10. The smallest absolute Gasteiger partial charge is 0.270 e. The molecule has 0 unspecified atom stereocenters. The second kappa shape index (κ2) is 7.82. The Hall–Kier alpha value is -4.34. The fraction of sp³-hybridized carbons (Fsp3) is 0.143. The number of aromatic nitrogens is 4. The van der Waals surface area contributed by atoms with Crippen molar-refractivity contribution in [2.45, 2.75) is 20.4 Å². The molecule has 0 spiro atoms. The summed E-state index contributed by atoms with van der Waals surface area (Å²) < 4.78 is 2.72. The van der Waals surface area contributed by atoms with Crippen molar-refractivity contribution < 1.29 is 9.72 Å². The minimum Gasteiger partial charge on any atom is -0.309 e. The zero-order chi connectivity index (χ0) is 22.1. The van der Waals surface area contributed by atoms with E-state index in [0.717, 1.165) is 21.9 Å². The molecule has 2 heterocycles.